The molecule has 0 saturated carbocycles. The zero-order chi connectivity index (χ0) is 17.7. The average Bonchev–Trinajstić information content (AvgIpc) is 3.01. The number of rotatable bonds is 8. The second kappa shape index (κ2) is 7.46. The lowest BCUT2D eigenvalue weighted by Crippen LogP contribution is -2.39. The third-order valence-corrected chi connectivity index (χ3v) is 3.81. The van der Waals surface area contributed by atoms with Gasteiger partial charge in [-0.2, -0.15) is 0 Å². The van der Waals surface area contributed by atoms with Crippen molar-refractivity contribution >= 4 is 5.69 Å². The summed E-state index contributed by atoms with van der Waals surface area (Å²) in [7, 11) is 1.46. The van der Waals surface area contributed by atoms with Gasteiger partial charge in [-0.05, 0) is 44.5 Å². The van der Waals surface area contributed by atoms with E-state index in [0.717, 1.165) is 0 Å². The molecule has 2 N–H and O–H groups in total. The summed E-state index contributed by atoms with van der Waals surface area (Å²) < 4.78 is 10.8. The fraction of sp³-hybridized carbons (Fsp3) is 0.412. The number of furan rings is 1. The molecule has 0 unspecified atom stereocenters. The number of nitrogens with one attached hydrogen (secondary N) is 1. The van der Waals surface area contributed by atoms with Crippen molar-refractivity contribution in [3.05, 3.63) is 46.2 Å². The summed E-state index contributed by atoms with van der Waals surface area (Å²) in [5.74, 6) is 1.52. The fourth-order valence-corrected chi connectivity index (χ4v) is 2.31. The van der Waals surface area contributed by atoms with Crippen LogP contribution in [0.4, 0.5) is 5.69 Å². The summed E-state index contributed by atoms with van der Waals surface area (Å²) in [5, 5.41) is 23.6. The molecule has 0 radical (unpaired) electrons. The fourth-order valence-electron chi connectivity index (χ4n) is 2.31. The Bertz CT molecular complexity index is 709. The summed E-state index contributed by atoms with van der Waals surface area (Å²) in [4.78, 5) is 10.8. The molecule has 1 aromatic carbocycles. The minimum atomic E-state index is -0.456. The van der Waals surface area contributed by atoms with E-state index < -0.39 is 4.92 Å². The highest BCUT2D eigenvalue weighted by Gasteiger charge is 2.20. The molecule has 1 aromatic heterocycles. The van der Waals surface area contributed by atoms with Crippen LogP contribution < -0.4 is 10.1 Å². The highest BCUT2D eigenvalue weighted by molar-refractivity contribution is 5.71. The molecule has 0 aliphatic carbocycles. The first kappa shape index (κ1) is 18.0. The van der Waals surface area contributed by atoms with Gasteiger partial charge in [0.2, 0.25) is 0 Å². The zero-order valence-corrected chi connectivity index (χ0v) is 14.0. The summed E-state index contributed by atoms with van der Waals surface area (Å²) >= 11 is 0. The van der Waals surface area contributed by atoms with Crippen LogP contribution in [0.3, 0.4) is 0 Å². The first-order chi connectivity index (χ1) is 11.4. The molecule has 7 heteroatoms. The average molecular weight is 334 g/mol. The number of nitrogens with zero attached hydrogens (tertiary/aromatic N) is 1. The van der Waals surface area contributed by atoms with E-state index in [-0.39, 0.29) is 17.8 Å². The van der Waals surface area contributed by atoms with Crippen LogP contribution in [0.15, 0.2) is 34.7 Å². The van der Waals surface area contributed by atoms with E-state index in [0.29, 0.717) is 35.8 Å². The maximum Gasteiger partial charge on any atom is 0.284 e. The number of benzene rings is 1. The molecule has 2 rings (SSSR count). The Labute approximate surface area is 140 Å². The van der Waals surface area contributed by atoms with Crippen molar-refractivity contribution in [2.24, 2.45) is 0 Å². The highest BCUT2D eigenvalue weighted by Crippen LogP contribution is 2.34. The topological polar surface area (TPSA) is 97.8 Å². The third-order valence-electron chi connectivity index (χ3n) is 3.81. The molecule has 0 saturated heterocycles. The van der Waals surface area contributed by atoms with Gasteiger partial charge in [0.25, 0.3) is 5.69 Å². The number of nitro groups is 1. The SMILES string of the molecule is COc1ccc(-c2ccc(CNC(C)(C)CCO)o2)c([N+](=O)[O-])c1. The van der Waals surface area contributed by atoms with Gasteiger partial charge in [0.05, 0.1) is 30.2 Å². The van der Waals surface area contributed by atoms with Gasteiger partial charge in [0, 0.05) is 12.1 Å². The van der Waals surface area contributed by atoms with Crippen molar-refractivity contribution in [2.45, 2.75) is 32.4 Å². The number of aliphatic hydroxyl groups excluding tert-OH is 1. The van der Waals surface area contributed by atoms with Crippen LogP contribution >= 0.6 is 0 Å². The van der Waals surface area contributed by atoms with Crippen LogP contribution in [0.25, 0.3) is 11.3 Å². The van der Waals surface area contributed by atoms with Gasteiger partial charge in [0.15, 0.2) is 0 Å². The number of hydrogen-bond acceptors (Lipinski definition) is 6. The number of aliphatic hydroxyl groups is 1. The van der Waals surface area contributed by atoms with Gasteiger partial charge in [-0.15, -0.1) is 0 Å². The normalized spacial score (nSPS) is 11.5. The van der Waals surface area contributed by atoms with Gasteiger partial charge in [0.1, 0.15) is 17.3 Å². The molecule has 0 atom stereocenters. The summed E-state index contributed by atoms with van der Waals surface area (Å²) in [5.41, 5.74) is 0.110. The third kappa shape index (κ3) is 4.33. The predicted molar refractivity (Wildman–Crippen MR) is 90.0 cm³/mol. The van der Waals surface area contributed by atoms with Crippen molar-refractivity contribution < 1.29 is 19.2 Å². The Morgan fingerprint density at radius 2 is 2.08 bits per heavy atom. The maximum absolute atomic E-state index is 11.3. The Morgan fingerprint density at radius 1 is 1.33 bits per heavy atom. The van der Waals surface area contributed by atoms with Crippen molar-refractivity contribution in [2.75, 3.05) is 13.7 Å². The summed E-state index contributed by atoms with van der Waals surface area (Å²) in [6, 6.07) is 8.15. The molecule has 0 fully saturated rings. The highest BCUT2D eigenvalue weighted by atomic mass is 16.6. The second-order valence-corrected chi connectivity index (χ2v) is 6.12. The minimum absolute atomic E-state index is 0.0659. The molecule has 0 amide bonds. The van der Waals surface area contributed by atoms with E-state index in [9.17, 15) is 10.1 Å². The Morgan fingerprint density at radius 3 is 2.71 bits per heavy atom. The number of ether oxygens (including phenoxy) is 1. The molecule has 0 aliphatic rings. The van der Waals surface area contributed by atoms with Crippen LogP contribution in [0.1, 0.15) is 26.0 Å². The van der Waals surface area contributed by atoms with Crippen LogP contribution in [-0.4, -0.2) is 29.3 Å². The Kier molecular flexibility index (Phi) is 5.58. The predicted octanol–water partition coefficient (Wildman–Crippen LogP) is 3.11. The standard InChI is InChI=1S/C17H22N2O5/c1-17(2,8-9-20)18-11-13-5-7-16(24-13)14-6-4-12(23-3)10-15(14)19(21)22/h4-7,10,18,20H,8-9,11H2,1-3H3. The van der Waals surface area contributed by atoms with Crippen LogP contribution in [-0.2, 0) is 6.54 Å². The summed E-state index contributed by atoms with van der Waals surface area (Å²) in [6.45, 7) is 4.54. The molecule has 24 heavy (non-hydrogen) atoms. The van der Waals surface area contributed by atoms with Crippen molar-refractivity contribution in [3.63, 3.8) is 0 Å². The molecular weight excluding hydrogens is 312 g/mol. The molecule has 7 nitrogen and oxygen atoms in total. The maximum atomic E-state index is 11.3. The van der Waals surface area contributed by atoms with Gasteiger partial charge < -0.3 is 19.6 Å². The lowest BCUT2D eigenvalue weighted by atomic mass is 10.0. The van der Waals surface area contributed by atoms with Crippen molar-refractivity contribution in [1.29, 1.82) is 0 Å². The quantitative estimate of drug-likeness (QED) is 0.568. The van der Waals surface area contributed by atoms with E-state index in [1.165, 1.54) is 13.2 Å². The van der Waals surface area contributed by atoms with Crippen LogP contribution in [0.5, 0.6) is 5.75 Å². The first-order valence-corrected chi connectivity index (χ1v) is 7.63. The molecular formula is C17H22N2O5. The van der Waals surface area contributed by atoms with E-state index in [1.54, 1.807) is 24.3 Å². The van der Waals surface area contributed by atoms with E-state index in [4.69, 9.17) is 14.3 Å². The lowest BCUT2D eigenvalue weighted by Gasteiger charge is -2.24. The molecule has 130 valence electrons. The largest absolute Gasteiger partial charge is 0.497 e. The molecule has 0 aliphatic heterocycles. The second-order valence-electron chi connectivity index (χ2n) is 6.12. The van der Waals surface area contributed by atoms with Crippen LogP contribution in [0.2, 0.25) is 0 Å². The van der Waals surface area contributed by atoms with Gasteiger partial charge >= 0.3 is 0 Å². The molecule has 1 heterocycles. The Balaban J connectivity index is 2.20. The van der Waals surface area contributed by atoms with Crippen molar-refractivity contribution in [1.82, 2.24) is 5.32 Å². The molecule has 0 spiro atoms. The van der Waals surface area contributed by atoms with Crippen LogP contribution in [0, 0.1) is 10.1 Å². The number of nitro benzene ring substituents is 1. The monoisotopic (exact) mass is 334 g/mol. The van der Waals surface area contributed by atoms with Gasteiger partial charge in [-0.25, -0.2) is 0 Å². The van der Waals surface area contributed by atoms with E-state index in [1.807, 2.05) is 13.8 Å². The van der Waals surface area contributed by atoms with E-state index in [2.05, 4.69) is 5.32 Å². The minimum Gasteiger partial charge on any atom is -0.497 e. The Hall–Kier alpha value is -2.38. The number of hydrogen-bond donors (Lipinski definition) is 2. The zero-order valence-electron chi connectivity index (χ0n) is 14.0. The number of methoxy groups -OCH3 is 1. The smallest absolute Gasteiger partial charge is 0.284 e. The molecule has 0 bridgehead atoms. The summed E-state index contributed by atoms with van der Waals surface area (Å²) in [6.07, 6.45) is 0.616. The first-order valence-electron chi connectivity index (χ1n) is 7.63. The van der Waals surface area contributed by atoms with E-state index >= 15 is 0 Å². The molecule has 2 aromatic rings. The van der Waals surface area contributed by atoms with Crippen molar-refractivity contribution in [3.8, 4) is 17.1 Å². The lowest BCUT2D eigenvalue weighted by molar-refractivity contribution is -0.384. The van der Waals surface area contributed by atoms with Gasteiger partial charge in [-0.1, -0.05) is 0 Å². The van der Waals surface area contributed by atoms with Gasteiger partial charge in [-0.3, -0.25) is 10.1 Å².